The molecule has 1 aromatic heterocycles. The Labute approximate surface area is 162 Å². The Morgan fingerprint density at radius 2 is 1.96 bits per heavy atom. The minimum atomic E-state index is -0.169. The predicted molar refractivity (Wildman–Crippen MR) is 104 cm³/mol. The van der Waals surface area contributed by atoms with Crippen molar-refractivity contribution in [1.29, 1.82) is 0 Å². The molecule has 1 saturated heterocycles. The molecule has 1 aliphatic rings. The van der Waals surface area contributed by atoms with Crippen molar-refractivity contribution in [3.63, 3.8) is 0 Å². The molecule has 1 aromatic carbocycles. The number of aromatic nitrogens is 1. The Bertz CT molecular complexity index is 805. The van der Waals surface area contributed by atoms with Gasteiger partial charge in [0.15, 0.2) is 6.61 Å². The van der Waals surface area contributed by atoms with Crippen molar-refractivity contribution >= 4 is 34.8 Å². The summed E-state index contributed by atoms with van der Waals surface area (Å²) in [6.07, 6.45) is 1.49. The number of anilines is 2. The molecule has 2 heterocycles. The second-order valence-corrected chi connectivity index (χ2v) is 6.64. The summed E-state index contributed by atoms with van der Waals surface area (Å²) in [5.74, 6) is 0.0982. The fourth-order valence-corrected chi connectivity index (χ4v) is 3.04. The largest absolute Gasteiger partial charge is 0.468 e. The highest BCUT2D eigenvalue weighted by molar-refractivity contribution is 6.30. The third kappa shape index (κ3) is 5.34. The maximum Gasteiger partial charge on any atom is 0.260 e. The molecule has 0 radical (unpaired) electrons. The zero-order valence-corrected chi connectivity index (χ0v) is 15.8. The summed E-state index contributed by atoms with van der Waals surface area (Å²) in [5.41, 5.74) is 1.65. The molecule has 1 fully saturated rings. The molecule has 1 N–H and O–H groups in total. The number of rotatable bonds is 5. The normalized spacial score (nSPS) is 14.0. The van der Waals surface area contributed by atoms with E-state index in [1.54, 1.807) is 17.0 Å². The van der Waals surface area contributed by atoms with Gasteiger partial charge in [-0.15, -0.1) is 0 Å². The zero-order valence-electron chi connectivity index (χ0n) is 15.0. The first-order chi connectivity index (χ1) is 13.0. The molecule has 7 nitrogen and oxygen atoms in total. The van der Waals surface area contributed by atoms with Gasteiger partial charge in [-0.1, -0.05) is 17.7 Å². The minimum absolute atomic E-state index is 0.0658. The first kappa shape index (κ1) is 19.0. The average Bonchev–Trinajstić information content (AvgIpc) is 2.67. The Kier molecular flexibility index (Phi) is 6.13. The van der Waals surface area contributed by atoms with Crippen LogP contribution in [-0.2, 0) is 9.59 Å². The maximum absolute atomic E-state index is 12.4. The van der Waals surface area contributed by atoms with E-state index >= 15 is 0 Å². The van der Waals surface area contributed by atoms with Gasteiger partial charge in [0.1, 0.15) is 0 Å². The fraction of sp³-hybridized carbons (Fsp3) is 0.316. The Morgan fingerprint density at radius 1 is 1.19 bits per heavy atom. The van der Waals surface area contributed by atoms with Gasteiger partial charge in [0.25, 0.3) is 5.91 Å². The summed E-state index contributed by atoms with van der Waals surface area (Å²) < 4.78 is 5.46. The van der Waals surface area contributed by atoms with Crippen LogP contribution >= 0.6 is 11.6 Å². The third-order valence-corrected chi connectivity index (χ3v) is 4.44. The third-order valence-electron chi connectivity index (χ3n) is 4.21. The number of carbonyl (C=O) groups is 2. The topological polar surface area (TPSA) is 74.8 Å². The molecule has 2 amide bonds. The number of halogens is 1. The van der Waals surface area contributed by atoms with Crippen LogP contribution in [0.5, 0.6) is 5.88 Å². The standard InChI is InChI=1S/C19H21ClN4O3/c1-14(25)22-16-5-6-18(21-12-16)27-13-19(26)24-9-7-23(8-10-24)17-4-2-3-15(20)11-17/h2-6,11-12H,7-10,13H2,1H3,(H,22,25). The van der Waals surface area contributed by atoms with Crippen LogP contribution in [0.2, 0.25) is 5.02 Å². The molecule has 3 rings (SSSR count). The summed E-state index contributed by atoms with van der Waals surface area (Å²) in [5, 5.41) is 3.33. The predicted octanol–water partition coefficient (Wildman–Crippen LogP) is 2.42. The number of ether oxygens (including phenoxy) is 1. The lowest BCUT2D eigenvalue weighted by molar-refractivity contribution is -0.133. The zero-order chi connectivity index (χ0) is 19.2. The van der Waals surface area contributed by atoms with Gasteiger partial charge in [0, 0.05) is 49.9 Å². The van der Waals surface area contributed by atoms with Crippen LogP contribution in [-0.4, -0.2) is 54.5 Å². The minimum Gasteiger partial charge on any atom is -0.468 e. The van der Waals surface area contributed by atoms with Gasteiger partial charge in [-0.2, -0.15) is 0 Å². The highest BCUT2D eigenvalue weighted by Crippen LogP contribution is 2.21. The number of hydrogen-bond donors (Lipinski definition) is 1. The average molecular weight is 389 g/mol. The number of benzene rings is 1. The molecular weight excluding hydrogens is 368 g/mol. The van der Waals surface area contributed by atoms with Crippen LogP contribution in [0.3, 0.4) is 0 Å². The van der Waals surface area contributed by atoms with Crippen molar-refractivity contribution in [3.05, 3.63) is 47.6 Å². The van der Waals surface area contributed by atoms with Crippen molar-refractivity contribution in [2.24, 2.45) is 0 Å². The fourth-order valence-electron chi connectivity index (χ4n) is 2.86. The molecule has 0 spiro atoms. The van der Waals surface area contributed by atoms with Gasteiger partial charge in [-0.05, 0) is 24.3 Å². The van der Waals surface area contributed by atoms with Crippen LogP contribution in [0.1, 0.15) is 6.92 Å². The summed E-state index contributed by atoms with van der Waals surface area (Å²) in [6, 6.07) is 11.0. The van der Waals surface area contributed by atoms with E-state index in [-0.39, 0.29) is 18.4 Å². The van der Waals surface area contributed by atoms with Crippen molar-refractivity contribution in [2.75, 3.05) is 43.0 Å². The smallest absolute Gasteiger partial charge is 0.260 e. The molecule has 8 heteroatoms. The molecule has 0 atom stereocenters. The number of carbonyl (C=O) groups excluding carboxylic acids is 2. The van der Waals surface area contributed by atoms with Crippen LogP contribution in [0.4, 0.5) is 11.4 Å². The lowest BCUT2D eigenvalue weighted by Crippen LogP contribution is -2.50. The molecular formula is C19H21ClN4O3. The van der Waals surface area contributed by atoms with E-state index in [9.17, 15) is 9.59 Å². The van der Waals surface area contributed by atoms with Crippen molar-refractivity contribution in [2.45, 2.75) is 6.92 Å². The van der Waals surface area contributed by atoms with Gasteiger partial charge in [-0.3, -0.25) is 9.59 Å². The van der Waals surface area contributed by atoms with Crippen molar-refractivity contribution in [3.8, 4) is 5.88 Å². The van der Waals surface area contributed by atoms with E-state index in [4.69, 9.17) is 16.3 Å². The van der Waals surface area contributed by atoms with Gasteiger partial charge in [0.05, 0.1) is 11.9 Å². The molecule has 0 aliphatic carbocycles. The molecule has 0 bridgehead atoms. The van der Waals surface area contributed by atoms with E-state index in [2.05, 4.69) is 15.2 Å². The first-order valence-corrected chi connectivity index (χ1v) is 9.04. The molecule has 1 aliphatic heterocycles. The molecule has 142 valence electrons. The Hall–Kier alpha value is -2.80. The summed E-state index contributed by atoms with van der Waals surface area (Å²) in [6.45, 7) is 4.11. The van der Waals surface area contributed by atoms with E-state index in [1.165, 1.54) is 13.1 Å². The lowest BCUT2D eigenvalue weighted by Gasteiger charge is -2.36. The maximum atomic E-state index is 12.4. The van der Waals surface area contributed by atoms with Crippen LogP contribution < -0.4 is 15.0 Å². The SMILES string of the molecule is CC(=O)Nc1ccc(OCC(=O)N2CCN(c3cccc(Cl)c3)CC2)nc1. The second kappa shape index (κ2) is 8.73. The lowest BCUT2D eigenvalue weighted by atomic mass is 10.2. The van der Waals surface area contributed by atoms with E-state index < -0.39 is 0 Å². The first-order valence-electron chi connectivity index (χ1n) is 8.66. The van der Waals surface area contributed by atoms with Crippen LogP contribution in [0.15, 0.2) is 42.6 Å². The van der Waals surface area contributed by atoms with E-state index in [1.807, 2.05) is 24.3 Å². The van der Waals surface area contributed by atoms with Crippen LogP contribution in [0, 0.1) is 0 Å². The molecule has 0 saturated carbocycles. The van der Waals surface area contributed by atoms with Gasteiger partial charge in [0.2, 0.25) is 11.8 Å². The highest BCUT2D eigenvalue weighted by atomic mass is 35.5. The van der Waals surface area contributed by atoms with Gasteiger partial charge < -0.3 is 19.9 Å². The van der Waals surface area contributed by atoms with E-state index in [0.29, 0.717) is 29.7 Å². The number of pyridine rings is 1. The molecule has 2 aromatic rings. The molecule has 0 unspecified atom stereocenters. The Morgan fingerprint density at radius 3 is 2.59 bits per heavy atom. The summed E-state index contributed by atoms with van der Waals surface area (Å²) >= 11 is 6.04. The Balaban J connectivity index is 1.46. The molecule has 27 heavy (non-hydrogen) atoms. The number of piperazine rings is 1. The van der Waals surface area contributed by atoms with E-state index in [0.717, 1.165) is 18.8 Å². The van der Waals surface area contributed by atoms with Gasteiger partial charge >= 0.3 is 0 Å². The summed E-state index contributed by atoms with van der Waals surface area (Å²) in [7, 11) is 0. The quantitative estimate of drug-likeness (QED) is 0.851. The van der Waals surface area contributed by atoms with Crippen LogP contribution in [0.25, 0.3) is 0 Å². The number of nitrogens with zero attached hydrogens (tertiary/aromatic N) is 3. The number of amides is 2. The monoisotopic (exact) mass is 388 g/mol. The highest BCUT2D eigenvalue weighted by Gasteiger charge is 2.21. The van der Waals surface area contributed by atoms with Gasteiger partial charge in [-0.25, -0.2) is 4.98 Å². The summed E-state index contributed by atoms with van der Waals surface area (Å²) in [4.78, 5) is 31.4. The van der Waals surface area contributed by atoms with Crippen molar-refractivity contribution < 1.29 is 14.3 Å². The second-order valence-electron chi connectivity index (χ2n) is 6.20. The number of nitrogens with one attached hydrogen (secondary N) is 1. The number of hydrogen-bond acceptors (Lipinski definition) is 5. The van der Waals surface area contributed by atoms with Crippen molar-refractivity contribution in [1.82, 2.24) is 9.88 Å².